The van der Waals surface area contributed by atoms with Crippen LogP contribution in [0.25, 0.3) is 11.2 Å². The molecule has 9 nitrogen and oxygen atoms in total. The van der Waals surface area contributed by atoms with Gasteiger partial charge in [-0.1, -0.05) is 6.92 Å². The van der Waals surface area contributed by atoms with E-state index in [4.69, 9.17) is 10.5 Å². The Morgan fingerprint density at radius 1 is 1.33 bits per heavy atom. The Bertz CT molecular complexity index is 656. The fraction of sp³-hybridized carbons (Fsp3) is 0.583. The van der Waals surface area contributed by atoms with Crippen LogP contribution in [-0.2, 0) is 4.74 Å². The van der Waals surface area contributed by atoms with E-state index in [9.17, 15) is 15.3 Å². The SMILES string of the molecule is C[C@@H]1[C@H](n2cnc3c(N)ncnc32)OC(CO)(CO)[C@H]1O. The van der Waals surface area contributed by atoms with Crippen LogP contribution in [0.5, 0.6) is 0 Å². The van der Waals surface area contributed by atoms with Crippen LogP contribution >= 0.6 is 0 Å². The molecule has 21 heavy (non-hydrogen) atoms. The summed E-state index contributed by atoms with van der Waals surface area (Å²) in [7, 11) is 0. The molecular weight excluding hydrogens is 278 g/mol. The van der Waals surface area contributed by atoms with E-state index in [0.29, 0.717) is 11.2 Å². The first-order valence-corrected chi connectivity index (χ1v) is 6.54. The van der Waals surface area contributed by atoms with Gasteiger partial charge in [-0.15, -0.1) is 0 Å². The number of nitrogens with zero attached hydrogens (tertiary/aromatic N) is 4. The van der Waals surface area contributed by atoms with Crippen LogP contribution in [-0.4, -0.2) is 59.8 Å². The first-order valence-electron chi connectivity index (χ1n) is 6.54. The van der Waals surface area contributed by atoms with Crippen LogP contribution in [0.1, 0.15) is 13.2 Å². The third-order valence-corrected chi connectivity index (χ3v) is 4.04. The largest absolute Gasteiger partial charge is 0.393 e. The minimum atomic E-state index is -1.40. The predicted octanol–water partition coefficient (Wildman–Crippen LogP) is -1.34. The van der Waals surface area contributed by atoms with Gasteiger partial charge in [0.05, 0.1) is 25.6 Å². The van der Waals surface area contributed by atoms with Gasteiger partial charge in [0.1, 0.15) is 23.7 Å². The maximum Gasteiger partial charge on any atom is 0.167 e. The average molecular weight is 295 g/mol. The molecule has 3 heterocycles. The first kappa shape index (κ1) is 14.1. The number of fused-ring (bicyclic) bond motifs is 1. The summed E-state index contributed by atoms with van der Waals surface area (Å²) in [4.78, 5) is 12.1. The zero-order chi connectivity index (χ0) is 15.2. The molecule has 1 fully saturated rings. The molecule has 1 aliphatic heterocycles. The molecule has 0 bridgehead atoms. The molecule has 1 saturated heterocycles. The van der Waals surface area contributed by atoms with Gasteiger partial charge >= 0.3 is 0 Å². The summed E-state index contributed by atoms with van der Waals surface area (Å²) in [5.74, 6) is -0.126. The van der Waals surface area contributed by atoms with E-state index in [1.165, 1.54) is 12.7 Å². The summed E-state index contributed by atoms with van der Waals surface area (Å²) in [5.41, 5.74) is 5.24. The zero-order valence-electron chi connectivity index (χ0n) is 11.4. The summed E-state index contributed by atoms with van der Waals surface area (Å²) in [5, 5.41) is 29.2. The molecule has 2 aromatic rings. The highest BCUT2D eigenvalue weighted by atomic mass is 16.6. The smallest absolute Gasteiger partial charge is 0.167 e. The van der Waals surface area contributed by atoms with Gasteiger partial charge < -0.3 is 25.8 Å². The maximum absolute atomic E-state index is 10.3. The van der Waals surface area contributed by atoms with Gasteiger partial charge in [-0.2, -0.15) is 0 Å². The van der Waals surface area contributed by atoms with E-state index in [1.807, 2.05) is 0 Å². The molecule has 0 saturated carbocycles. The number of aromatic nitrogens is 4. The molecule has 0 spiro atoms. The van der Waals surface area contributed by atoms with Crippen LogP contribution in [0.15, 0.2) is 12.7 Å². The molecule has 2 aromatic heterocycles. The third-order valence-electron chi connectivity index (χ3n) is 4.04. The highest BCUT2D eigenvalue weighted by Gasteiger charge is 2.53. The quantitative estimate of drug-likeness (QED) is 0.545. The predicted molar refractivity (Wildman–Crippen MR) is 71.9 cm³/mol. The first-order chi connectivity index (χ1) is 10.0. The van der Waals surface area contributed by atoms with E-state index in [1.54, 1.807) is 11.5 Å². The standard InChI is InChI=1S/C12H17N5O4/c1-6-8(20)12(2-18,3-19)21-11(6)17-5-16-7-9(13)14-4-15-10(7)17/h4-6,8,11,18-20H,2-3H2,1H3,(H2,13,14,15)/t6-,8-,11+/m0/s1. The van der Waals surface area contributed by atoms with E-state index in [0.717, 1.165) is 0 Å². The summed E-state index contributed by atoms with van der Waals surface area (Å²) < 4.78 is 7.36. The van der Waals surface area contributed by atoms with Crippen molar-refractivity contribution in [2.45, 2.75) is 24.9 Å². The minimum absolute atomic E-state index is 0.250. The monoisotopic (exact) mass is 295 g/mol. The van der Waals surface area contributed by atoms with Crippen molar-refractivity contribution in [2.24, 2.45) is 5.92 Å². The second-order valence-corrected chi connectivity index (χ2v) is 5.28. The average Bonchev–Trinajstić information content (AvgIpc) is 3.02. The van der Waals surface area contributed by atoms with E-state index in [-0.39, 0.29) is 11.7 Å². The lowest BCUT2D eigenvalue weighted by Crippen LogP contribution is -2.47. The Morgan fingerprint density at radius 2 is 2.05 bits per heavy atom. The van der Waals surface area contributed by atoms with Gasteiger partial charge in [-0.3, -0.25) is 4.57 Å². The van der Waals surface area contributed by atoms with Crippen molar-refractivity contribution in [3.63, 3.8) is 0 Å². The van der Waals surface area contributed by atoms with Crippen LogP contribution < -0.4 is 5.73 Å². The van der Waals surface area contributed by atoms with Crippen LogP contribution in [0, 0.1) is 5.92 Å². The molecule has 0 radical (unpaired) electrons. The number of nitrogens with two attached hydrogens (primary N) is 1. The topological polar surface area (TPSA) is 140 Å². The number of aliphatic hydroxyl groups is 3. The van der Waals surface area contributed by atoms with Gasteiger partial charge in [-0.25, -0.2) is 15.0 Å². The molecular formula is C12H17N5O4. The van der Waals surface area contributed by atoms with Gasteiger partial charge in [0, 0.05) is 5.92 Å². The lowest BCUT2D eigenvalue weighted by atomic mass is 9.92. The third kappa shape index (κ3) is 1.89. The van der Waals surface area contributed by atoms with Crippen molar-refractivity contribution < 1.29 is 20.1 Å². The molecule has 0 unspecified atom stereocenters. The number of anilines is 1. The summed E-state index contributed by atoms with van der Waals surface area (Å²) >= 11 is 0. The van der Waals surface area contributed by atoms with E-state index in [2.05, 4.69) is 15.0 Å². The van der Waals surface area contributed by atoms with Gasteiger partial charge in [0.2, 0.25) is 0 Å². The number of imidazole rings is 1. The molecule has 3 rings (SSSR count). The molecule has 1 aliphatic rings. The molecule has 3 atom stereocenters. The van der Waals surface area contributed by atoms with Crippen molar-refractivity contribution >= 4 is 17.0 Å². The van der Waals surface area contributed by atoms with Crippen LogP contribution in [0.4, 0.5) is 5.82 Å². The number of hydrogen-bond acceptors (Lipinski definition) is 8. The number of rotatable bonds is 3. The minimum Gasteiger partial charge on any atom is -0.393 e. The molecule has 0 aromatic carbocycles. The summed E-state index contributed by atoms with van der Waals surface area (Å²) in [6, 6.07) is 0. The molecule has 9 heteroatoms. The number of hydrogen-bond donors (Lipinski definition) is 4. The zero-order valence-corrected chi connectivity index (χ0v) is 11.4. The highest BCUT2D eigenvalue weighted by Crippen LogP contribution is 2.41. The van der Waals surface area contributed by atoms with Crippen LogP contribution in [0.3, 0.4) is 0 Å². The fourth-order valence-corrected chi connectivity index (χ4v) is 2.73. The maximum atomic E-state index is 10.3. The lowest BCUT2D eigenvalue weighted by molar-refractivity contribution is -0.149. The Morgan fingerprint density at radius 3 is 2.67 bits per heavy atom. The Balaban J connectivity index is 2.06. The highest BCUT2D eigenvalue weighted by molar-refractivity contribution is 5.81. The Hall–Kier alpha value is -1.81. The molecule has 114 valence electrons. The second-order valence-electron chi connectivity index (χ2n) is 5.28. The summed E-state index contributed by atoms with van der Waals surface area (Å²) in [6.45, 7) is 0.781. The number of aliphatic hydroxyl groups excluding tert-OH is 3. The van der Waals surface area contributed by atoms with Crippen molar-refractivity contribution in [3.05, 3.63) is 12.7 Å². The Kier molecular flexibility index (Phi) is 3.29. The van der Waals surface area contributed by atoms with Crippen molar-refractivity contribution in [3.8, 4) is 0 Å². The van der Waals surface area contributed by atoms with Gasteiger partial charge in [0.25, 0.3) is 0 Å². The van der Waals surface area contributed by atoms with Crippen molar-refractivity contribution in [2.75, 3.05) is 18.9 Å². The fourth-order valence-electron chi connectivity index (χ4n) is 2.73. The molecule has 0 aliphatic carbocycles. The van der Waals surface area contributed by atoms with Crippen molar-refractivity contribution in [1.29, 1.82) is 0 Å². The number of nitrogen functional groups attached to an aromatic ring is 1. The second kappa shape index (κ2) is 4.88. The van der Waals surface area contributed by atoms with Gasteiger partial charge in [-0.05, 0) is 0 Å². The number of ether oxygens (including phenoxy) is 1. The molecule has 5 N–H and O–H groups in total. The van der Waals surface area contributed by atoms with E-state index < -0.39 is 31.1 Å². The lowest BCUT2D eigenvalue weighted by Gasteiger charge is -2.27. The van der Waals surface area contributed by atoms with Gasteiger partial charge in [0.15, 0.2) is 11.5 Å². The normalized spacial score (nSPS) is 28.3. The van der Waals surface area contributed by atoms with Crippen molar-refractivity contribution in [1.82, 2.24) is 19.5 Å². The van der Waals surface area contributed by atoms with Crippen LogP contribution in [0.2, 0.25) is 0 Å². The summed E-state index contributed by atoms with van der Waals surface area (Å²) in [6.07, 6.45) is 1.17. The molecule has 0 amide bonds. The Labute approximate surface area is 120 Å². The van der Waals surface area contributed by atoms with E-state index >= 15 is 0 Å².